The summed E-state index contributed by atoms with van der Waals surface area (Å²) in [6.45, 7) is 0.688. The minimum absolute atomic E-state index is 0.156. The molecule has 0 atom stereocenters. The number of benzene rings is 1. The summed E-state index contributed by atoms with van der Waals surface area (Å²) in [5.74, 6) is 0.828. The Labute approximate surface area is 88.3 Å². The van der Waals surface area contributed by atoms with Crippen molar-refractivity contribution in [1.29, 1.82) is 0 Å². The third kappa shape index (κ3) is 2.25. The van der Waals surface area contributed by atoms with Crippen molar-refractivity contribution in [2.45, 2.75) is 6.42 Å². The Balaban J connectivity index is 2.26. The van der Waals surface area contributed by atoms with Crippen molar-refractivity contribution in [2.24, 2.45) is 0 Å². The number of hydrogen-bond acceptors (Lipinski definition) is 3. The summed E-state index contributed by atoms with van der Waals surface area (Å²) in [6, 6.07) is 9.66. The SMILES string of the molecule is OCCCOc1cccc2ncccc12. The third-order valence-corrected chi connectivity index (χ3v) is 2.17. The Bertz CT molecular complexity index is 437. The Kier molecular flexibility index (Phi) is 3.15. The molecule has 1 heterocycles. The molecule has 0 radical (unpaired) electrons. The summed E-state index contributed by atoms with van der Waals surface area (Å²) < 4.78 is 5.56. The maximum Gasteiger partial charge on any atom is 0.128 e. The first-order chi connectivity index (χ1) is 7.42. The summed E-state index contributed by atoms with van der Waals surface area (Å²) in [5, 5.41) is 9.68. The Hall–Kier alpha value is -1.61. The maximum absolute atomic E-state index is 8.67. The summed E-state index contributed by atoms with van der Waals surface area (Å²) in [5.41, 5.74) is 0.930. The smallest absolute Gasteiger partial charge is 0.128 e. The average molecular weight is 203 g/mol. The van der Waals surface area contributed by atoms with E-state index < -0.39 is 0 Å². The van der Waals surface area contributed by atoms with Crippen LogP contribution in [0.1, 0.15) is 6.42 Å². The van der Waals surface area contributed by atoms with E-state index >= 15 is 0 Å². The highest BCUT2D eigenvalue weighted by Gasteiger charge is 2.00. The molecule has 78 valence electrons. The molecule has 0 saturated heterocycles. The molecule has 3 heteroatoms. The van der Waals surface area contributed by atoms with Crippen LogP contribution in [-0.2, 0) is 0 Å². The number of aliphatic hydroxyl groups excluding tert-OH is 1. The highest BCUT2D eigenvalue weighted by atomic mass is 16.5. The van der Waals surface area contributed by atoms with Gasteiger partial charge in [-0.05, 0) is 24.3 Å². The lowest BCUT2D eigenvalue weighted by atomic mass is 10.2. The summed E-state index contributed by atoms with van der Waals surface area (Å²) >= 11 is 0. The van der Waals surface area contributed by atoms with E-state index in [4.69, 9.17) is 9.84 Å². The van der Waals surface area contributed by atoms with Crippen LogP contribution < -0.4 is 4.74 Å². The molecule has 2 aromatic rings. The van der Waals surface area contributed by atoms with Gasteiger partial charge in [0.25, 0.3) is 0 Å². The topological polar surface area (TPSA) is 42.4 Å². The van der Waals surface area contributed by atoms with Crippen LogP contribution in [0, 0.1) is 0 Å². The van der Waals surface area contributed by atoms with Crippen LogP contribution >= 0.6 is 0 Å². The van der Waals surface area contributed by atoms with Gasteiger partial charge >= 0.3 is 0 Å². The largest absolute Gasteiger partial charge is 0.493 e. The number of hydrogen-bond donors (Lipinski definition) is 1. The number of rotatable bonds is 4. The van der Waals surface area contributed by atoms with E-state index in [0.717, 1.165) is 16.7 Å². The first kappa shape index (κ1) is 9.93. The number of ether oxygens (including phenoxy) is 1. The Morgan fingerprint density at radius 1 is 1.20 bits per heavy atom. The van der Waals surface area contributed by atoms with Gasteiger partial charge < -0.3 is 9.84 Å². The van der Waals surface area contributed by atoms with Crippen LogP contribution in [-0.4, -0.2) is 23.3 Å². The van der Waals surface area contributed by atoms with Crippen LogP contribution in [0.3, 0.4) is 0 Å². The van der Waals surface area contributed by atoms with Gasteiger partial charge in [-0.1, -0.05) is 6.07 Å². The highest BCUT2D eigenvalue weighted by molar-refractivity contribution is 5.84. The van der Waals surface area contributed by atoms with E-state index in [0.29, 0.717) is 13.0 Å². The van der Waals surface area contributed by atoms with Crippen molar-refractivity contribution >= 4 is 10.9 Å². The first-order valence-electron chi connectivity index (χ1n) is 4.99. The lowest BCUT2D eigenvalue weighted by Crippen LogP contribution is -2.00. The summed E-state index contributed by atoms with van der Waals surface area (Å²) in [7, 11) is 0. The van der Waals surface area contributed by atoms with Gasteiger partial charge in [0.05, 0.1) is 12.1 Å². The van der Waals surface area contributed by atoms with Crippen LogP contribution in [0.15, 0.2) is 36.5 Å². The molecular formula is C12H13NO2. The zero-order chi connectivity index (χ0) is 10.5. The van der Waals surface area contributed by atoms with Gasteiger partial charge in [0.1, 0.15) is 5.75 Å². The molecule has 0 saturated carbocycles. The van der Waals surface area contributed by atoms with E-state index in [1.54, 1.807) is 6.20 Å². The number of fused-ring (bicyclic) bond motifs is 1. The van der Waals surface area contributed by atoms with E-state index in [1.807, 2.05) is 30.3 Å². The average Bonchev–Trinajstić information content (AvgIpc) is 2.30. The zero-order valence-corrected chi connectivity index (χ0v) is 8.39. The lowest BCUT2D eigenvalue weighted by molar-refractivity contribution is 0.235. The normalized spacial score (nSPS) is 10.5. The van der Waals surface area contributed by atoms with Gasteiger partial charge in [-0.15, -0.1) is 0 Å². The van der Waals surface area contributed by atoms with Gasteiger partial charge in [0.15, 0.2) is 0 Å². The molecule has 0 spiro atoms. The van der Waals surface area contributed by atoms with Gasteiger partial charge in [-0.2, -0.15) is 0 Å². The fourth-order valence-corrected chi connectivity index (χ4v) is 1.45. The van der Waals surface area contributed by atoms with Gasteiger partial charge in [-0.3, -0.25) is 4.98 Å². The van der Waals surface area contributed by atoms with Crippen LogP contribution in [0.2, 0.25) is 0 Å². The molecule has 3 nitrogen and oxygen atoms in total. The second-order valence-corrected chi connectivity index (χ2v) is 3.25. The van der Waals surface area contributed by atoms with Gasteiger partial charge in [0, 0.05) is 24.6 Å². The predicted octanol–water partition coefficient (Wildman–Crippen LogP) is 2.00. The van der Waals surface area contributed by atoms with Crippen LogP contribution in [0.5, 0.6) is 5.75 Å². The Morgan fingerprint density at radius 3 is 3.00 bits per heavy atom. The second-order valence-electron chi connectivity index (χ2n) is 3.25. The summed E-state index contributed by atoms with van der Waals surface area (Å²) in [6.07, 6.45) is 2.41. The van der Waals surface area contributed by atoms with Crippen molar-refractivity contribution in [3.63, 3.8) is 0 Å². The van der Waals surface area contributed by atoms with Crippen molar-refractivity contribution in [3.8, 4) is 5.75 Å². The molecule has 0 amide bonds. The fraction of sp³-hybridized carbons (Fsp3) is 0.250. The predicted molar refractivity (Wildman–Crippen MR) is 58.9 cm³/mol. The number of nitrogens with zero attached hydrogens (tertiary/aromatic N) is 1. The second kappa shape index (κ2) is 4.75. The number of aromatic nitrogens is 1. The molecule has 0 fully saturated rings. The number of pyridine rings is 1. The van der Waals surface area contributed by atoms with E-state index in [2.05, 4.69) is 4.98 Å². The molecule has 1 N–H and O–H groups in total. The molecule has 0 bridgehead atoms. The fourth-order valence-electron chi connectivity index (χ4n) is 1.45. The van der Waals surface area contributed by atoms with Crippen molar-refractivity contribution in [2.75, 3.05) is 13.2 Å². The molecule has 15 heavy (non-hydrogen) atoms. The van der Waals surface area contributed by atoms with Crippen molar-refractivity contribution in [3.05, 3.63) is 36.5 Å². The highest BCUT2D eigenvalue weighted by Crippen LogP contribution is 2.23. The molecule has 0 aliphatic rings. The Morgan fingerprint density at radius 2 is 2.13 bits per heavy atom. The molecule has 2 rings (SSSR count). The molecule has 0 unspecified atom stereocenters. The van der Waals surface area contributed by atoms with E-state index in [9.17, 15) is 0 Å². The van der Waals surface area contributed by atoms with Crippen LogP contribution in [0.4, 0.5) is 0 Å². The van der Waals surface area contributed by atoms with E-state index in [-0.39, 0.29) is 6.61 Å². The number of aliphatic hydroxyl groups is 1. The van der Waals surface area contributed by atoms with E-state index in [1.165, 1.54) is 0 Å². The minimum Gasteiger partial charge on any atom is -0.493 e. The van der Waals surface area contributed by atoms with Crippen molar-refractivity contribution in [1.82, 2.24) is 4.98 Å². The molecular weight excluding hydrogens is 190 g/mol. The molecule has 0 aliphatic carbocycles. The zero-order valence-electron chi connectivity index (χ0n) is 8.39. The molecule has 1 aromatic heterocycles. The monoisotopic (exact) mass is 203 g/mol. The van der Waals surface area contributed by atoms with Gasteiger partial charge in [0.2, 0.25) is 0 Å². The first-order valence-corrected chi connectivity index (χ1v) is 4.99. The van der Waals surface area contributed by atoms with Gasteiger partial charge in [-0.25, -0.2) is 0 Å². The standard InChI is InChI=1S/C12H13NO2/c14-8-3-9-15-12-6-1-5-11-10(12)4-2-7-13-11/h1-2,4-7,14H,3,8-9H2. The lowest BCUT2D eigenvalue weighted by Gasteiger charge is -2.07. The third-order valence-electron chi connectivity index (χ3n) is 2.17. The molecule has 0 aliphatic heterocycles. The van der Waals surface area contributed by atoms with Crippen molar-refractivity contribution < 1.29 is 9.84 Å². The summed E-state index contributed by atoms with van der Waals surface area (Å²) in [4.78, 5) is 4.24. The van der Waals surface area contributed by atoms with Crippen LogP contribution in [0.25, 0.3) is 10.9 Å². The maximum atomic E-state index is 8.67. The quantitative estimate of drug-likeness (QED) is 0.773. The molecule has 1 aromatic carbocycles. The minimum atomic E-state index is 0.156.